The minimum absolute atomic E-state index is 0.505. The van der Waals surface area contributed by atoms with Gasteiger partial charge in [0.15, 0.2) is 17.5 Å². The molecule has 0 saturated heterocycles. The quantitative estimate of drug-likeness (QED) is 0.390. The topological polar surface area (TPSA) is 67.8 Å². The van der Waals surface area contributed by atoms with Gasteiger partial charge in [0.1, 0.15) is 5.15 Å². The van der Waals surface area contributed by atoms with Gasteiger partial charge in [0.2, 0.25) is 0 Å². The second kappa shape index (κ2) is 11.3. The average Bonchev–Trinajstić information content (AvgIpc) is 2.70. The first-order valence-electron chi connectivity index (χ1n) is 9.01. The predicted molar refractivity (Wildman–Crippen MR) is 110 cm³/mol. The summed E-state index contributed by atoms with van der Waals surface area (Å²) in [5, 5.41) is 7.10. The van der Waals surface area contributed by atoms with Crippen molar-refractivity contribution in [2.75, 3.05) is 27.3 Å². The zero-order valence-electron chi connectivity index (χ0n) is 16.1. The van der Waals surface area contributed by atoms with Gasteiger partial charge in [-0.3, -0.25) is 4.99 Å². The number of methoxy groups -OCH3 is 1. The molecule has 1 aromatic carbocycles. The Morgan fingerprint density at radius 2 is 1.96 bits per heavy atom. The van der Waals surface area contributed by atoms with Crippen molar-refractivity contribution in [2.24, 2.45) is 4.99 Å². The zero-order valence-corrected chi connectivity index (χ0v) is 16.8. The fraction of sp³-hybridized carbons (Fsp3) is 0.400. The van der Waals surface area contributed by atoms with Gasteiger partial charge in [0.05, 0.1) is 13.7 Å². The maximum Gasteiger partial charge on any atom is 0.191 e. The van der Waals surface area contributed by atoms with E-state index >= 15 is 0 Å². The summed E-state index contributed by atoms with van der Waals surface area (Å²) in [6, 6.07) is 9.71. The number of rotatable bonds is 9. The SMILES string of the molecule is CCCOc1ccc(CNC(=NC)NCCc2ccc(Cl)nc2)cc1OC. The number of ether oxygens (including phenoxy) is 2. The van der Waals surface area contributed by atoms with E-state index < -0.39 is 0 Å². The van der Waals surface area contributed by atoms with Crippen molar-refractivity contribution >= 4 is 17.6 Å². The van der Waals surface area contributed by atoms with Gasteiger partial charge in [-0.25, -0.2) is 4.98 Å². The molecule has 0 aliphatic heterocycles. The van der Waals surface area contributed by atoms with E-state index in [1.807, 2.05) is 24.3 Å². The van der Waals surface area contributed by atoms with Gasteiger partial charge in [0, 0.05) is 26.3 Å². The lowest BCUT2D eigenvalue weighted by Crippen LogP contribution is -2.37. The van der Waals surface area contributed by atoms with Crippen molar-refractivity contribution in [1.82, 2.24) is 15.6 Å². The lowest BCUT2D eigenvalue weighted by Gasteiger charge is -2.14. The highest BCUT2D eigenvalue weighted by molar-refractivity contribution is 6.29. The molecule has 0 saturated carbocycles. The fourth-order valence-corrected chi connectivity index (χ4v) is 2.55. The largest absolute Gasteiger partial charge is 0.493 e. The van der Waals surface area contributed by atoms with Crippen LogP contribution in [0.3, 0.4) is 0 Å². The van der Waals surface area contributed by atoms with Gasteiger partial charge in [-0.15, -0.1) is 0 Å². The number of pyridine rings is 1. The average molecular weight is 391 g/mol. The molecule has 7 heteroatoms. The van der Waals surface area contributed by atoms with Crippen molar-refractivity contribution in [3.63, 3.8) is 0 Å². The molecule has 1 heterocycles. The molecule has 27 heavy (non-hydrogen) atoms. The standard InChI is InChI=1S/C20H27ClN4O2/c1-4-11-27-17-7-5-16(12-18(17)26-3)14-25-20(22-2)23-10-9-15-6-8-19(21)24-13-15/h5-8,12-13H,4,9-11,14H2,1-3H3,(H2,22,23,25). The molecular formula is C20H27ClN4O2. The smallest absolute Gasteiger partial charge is 0.191 e. The van der Waals surface area contributed by atoms with Crippen LogP contribution in [-0.2, 0) is 13.0 Å². The maximum absolute atomic E-state index is 5.80. The third-order valence-corrected chi connectivity index (χ3v) is 4.09. The van der Waals surface area contributed by atoms with Crippen molar-refractivity contribution in [2.45, 2.75) is 26.3 Å². The number of halogens is 1. The van der Waals surface area contributed by atoms with Crippen LogP contribution < -0.4 is 20.1 Å². The molecule has 0 atom stereocenters. The highest BCUT2D eigenvalue weighted by atomic mass is 35.5. The Labute approximate surface area is 166 Å². The molecule has 0 aliphatic carbocycles. The summed E-state index contributed by atoms with van der Waals surface area (Å²) in [5.41, 5.74) is 2.20. The number of benzene rings is 1. The summed E-state index contributed by atoms with van der Waals surface area (Å²) >= 11 is 5.80. The second-order valence-corrected chi connectivity index (χ2v) is 6.31. The molecule has 0 aliphatic rings. The normalized spacial score (nSPS) is 11.2. The van der Waals surface area contributed by atoms with Crippen LogP contribution in [0.4, 0.5) is 0 Å². The molecule has 0 unspecified atom stereocenters. The Kier molecular flexibility index (Phi) is 8.71. The van der Waals surface area contributed by atoms with E-state index in [0.29, 0.717) is 18.3 Å². The number of guanidine groups is 1. The third-order valence-electron chi connectivity index (χ3n) is 3.87. The lowest BCUT2D eigenvalue weighted by molar-refractivity contribution is 0.294. The molecule has 0 amide bonds. The molecule has 146 valence electrons. The third kappa shape index (κ3) is 6.98. The highest BCUT2D eigenvalue weighted by Crippen LogP contribution is 2.28. The Morgan fingerprint density at radius 3 is 2.63 bits per heavy atom. The van der Waals surface area contributed by atoms with Crippen LogP contribution in [0.2, 0.25) is 5.15 Å². The molecular weight excluding hydrogens is 364 g/mol. The summed E-state index contributed by atoms with van der Waals surface area (Å²) in [5.74, 6) is 2.24. The number of aromatic nitrogens is 1. The maximum atomic E-state index is 5.80. The van der Waals surface area contributed by atoms with Crippen LogP contribution >= 0.6 is 11.6 Å². The first-order chi connectivity index (χ1) is 13.2. The summed E-state index contributed by atoms with van der Waals surface area (Å²) in [6.07, 6.45) is 3.58. The van der Waals surface area contributed by atoms with E-state index in [1.54, 1.807) is 26.4 Å². The van der Waals surface area contributed by atoms with E-state index in [-0.39, 0.29) is 0 Å². The van der Waals surface area contributed by atoms with Gasteiger partial charge in [-0.1, -0.05) is 30.7 Å². The fourth-order valence-electron chi connectivity index (χ4n) is 2.44. The van der Waals surface area contributed by atoms with Crippen LogP contribution in [0.25, 0.3) is 0 Å². The van der Waals surface area contributed by atoms with Crippen molar-refractivity contribution < 1.29 is 9.47 Å². The number of nitrogens with zero attached hydrogens (tertiary/aromatic N) is 2. The van der Waals surface area contributed by atoms with Crippen molar-refractivity contribution in [3.05, 3.63) is 52.8 Å². The van der Waals surface area contributed by atoms with Crippen LogP contribution in [0, 0.1) is 0 Å². The Bertz CT molecular complexity index is 735. The number of hydrogen-bond donors (Lipinski definition) is 2. The van der Waals surface area contributed by atoms with Gasteiger partial charge >= 0.3 is 0 Å². The van der Waals surface area contributed by atoms with E-state index in [2.05, 4.69) is 27.5 Å². The van der Waals surface area contributed by atoms with Crippen LogP contribution in [-0.4, -0.2) is 38.3 Å². The van der Waals surface area contributed by atoms with Crippen molar-refractivity contribution in [3.8, 4) is 11.5 Å². The predicted octanol–water partition coefficient (Wildman–Crippen LogP) is 3.44. The Balaban J connectivity index is 1.83. The molecule has 0 bridgehead atoms. The minimum Gasteiger partial charge on any atom is -0.493 e. The number of nitrogens with one attached hydrogen (secondary N) is 2. The van der Waals surface area contributed by atoms with E-state index in [1.165, 1.54) is 0 Å². The molecule has 0 radical (unpaired) electrons. The van der Waals surface area contributed by atoms with Crippen molar-refractivity contribution in [1.29, 1.82) is 0 Å². The lowest BCUT2D eigenvalue weighted by atomic mass is 10.2. The summed E-state index contributed by atoms with van der Waals surface area (Å²) in [7, 11) is 3.40. The highest BCUT2D eigenvalue weighted by Gasteiger charge is 2.06. The van der Waals surface area contributed by atoms with Crippen LogP contribution in [0.5, 0.6) is 11.5 Å². The summed E-state index contributed by atoms with van der Waals surface area (Å²) in [4.78, 5) is 8.34. The first kappa shape index (κ1) is 20.8. The van der Waals surface area contributed by atoms with E-state index in [9.17, 15) is 0 Å². The summed E-state index contributed by atoms with van der Waals surface area (Å²) in [6.45, 7) is 4.13. The van der Waals surface area contributed by atoms with Gasteiger partial charge < -0.3 is 20.1 Å². The zero-order chi connectivity index (χ0) is 19.5. The number of aliphatic imine (C=N–C) groups is 1. The molecule has 2 N–H and O–H groups in total. The molecule has 2 rings (SSSR count). The summed E-state index contributed by atoms with van der Waals surface area (Å²) < 4.78 is 11.1. The first-order valence-corrected chi connectivity index (χ1v) is 9.38. The molecule has 0 fully saturated rings. The Hall–Kier alpha value is -2.47. The number of hydrogen-bond acceptors (Lipinski definition) is 4. The van der Waals surface area contributed by atoms with E-state index in [4.69, 9.17) is 21.1 Å². The van der Waals surface area contributed by atoms with Crippen LogP contribution in [0.1, 0.15) is 24.5 Å². The Morgan fingerprint density at radius 1 is 1.15 bits per heavy atom. The molecule has 1 aromatic heterocycles. The minimum atomic E-state index is 0.505. The molecule has 0 spiro atoms. The van der Waals surface area contributed by atoms with E-state index in [0.717, 1.165) is 48.0 Å². The molecule has 2 aromatic rings. The second-order valence-electron chi connectivity index (χ2n) is 5.93. The van der Waals surface area contributed by atoms with Gasteiger partial charge in [-0.05, 0) is 42.2 Å². The monoisotopic (exact) mass is 390 g/mol. The molecule has 6 nitrogen and oxygen atoms in total. The van der Waals surface area contributed by atoms with Gasteiger partial charge in [-0.2, -0.15) is 0 Å². The van der Waals surface area contributed by atoms with Gasteiger partial charge in [0.25, 0.3) is 0 Å². The van der Waals surface area contributed by atoms with Crippen LogP contribution in [0.15, 0.2) is 41.5 Å².